The van der Waals surface area contributed by atoms with Crippen molar-refractivity contribution in [3.05, 3.63) is 24.3 Å². The normalized spacial score (nSPS) is 12.8. The predicted molar refractivity (Wildman–Crippen MR) is 78.9 cm³/mol. The van der Waals surface area contributed by atoms with Gasteiger partial charge in [0.05, 0.1) is 0 Å². The summed E-state index contributed by atoms with van der Waals surface area (Å²) < 4.78 is 11.7. The first-order valence-corrected chi connectivity index (χ1v) is 7.96. The van der Waals surface area contributed by atoms with Crippen molar-refractivity contribution in [2.45, 2.75) is 52.7 Å². The Balaban J connectivity index is 2.68. The van der Waals surface area contributed by atoms with E-state index in [0.717, 1.165) is 0 Å². The molecule has 0 aliphatic heterocycles. The van der Waals surface area contributed by atoms with Crippen LogP contribution < -0.4 is 10.4 Å². The van der Waals surface area contributed by atoms with Gasteiger partial charge in [0.15, 0.2) is 0 Å². The summed E-state index contributed by atoms with van der Waals surface area (Å²) in [5.41, 5.74) is -0.195. The van der Waals surface area contributed by atoms with Crippen LogP contribution in [0.15, 0.2) is 24.3 Å². The van der Waals surface area contributed by atoms with Crippen molar-refractivity contribution < 1.29 is 8.85 Å². The molecule has 4 radical (unpaired) electrons. The number of hydrogen-bond donors (Lipinski definition) is 0. The Morgan fingerprint density at radius 1 is 0.722 bits per heavy atom. The Hall–Kier alpha value is -0.426. The van der Waals surface area contributed by atoms with Crippen LogP contribution in [0, 0.1) is 0 Å². The summed E-state index contributed by atoms with van der Waals surface area (Å²) in [4.78, 5) is 0. The maximum atomic E-state index is 5.86. The van der Waals surface area contributed by atoms with Gasteiger partial charge >= 0.3 is 0 Å². The quantitative estimate of drug-likeness (QED) is 0.782. The van der Waals surface area contributed by atoms with Crippen LogP contribution in [-0.4, -0.2) is 30.7 Å². The molecule has 0 fully saturated rings. The van der Waals surface area contributed by atoms with E-state index in [4.69, 9.17) is 8.85 Å². The van der Waals surface area contributed by atoms with Crippen molar-refractivity contribution >= 4 is 29.9 Å². The van der Waals surface area contributed by atoms with E-state index in [1.165, 1.54) is 10.4 Å². The molecular weight excluding hydrogens is 256 g/mol. The third-order valence-electron chi connectivity index (χ3n) is 1.86. The van der Waals surface area contributed by atoms with Crippen molar-refractivity contribution in [1.82, 2.24) is 0 Å². The molecule has 0 aliphatic carbocycles. The van der Waals surface area contributed by atoms with Crippen molar-refractivity contribution in [3.63, 3.8) is 0 Å². The predicted octanol–water partition coefficient (Wildman–Crippen LogP) is 1.81. The second-order valence-corrected chi connectivity index (χ2v) is 8.07. The van der Waals surface area contributed by atoms with E-state index < -0.39 is 0 Å². The molecule has 0 unspecified atom stereocenters. The third-order valence-corrected chi connectivity index (χ3v) is 4.85. The highest BCUT2D eigenvalue weighted by atomic mass is 28.2. The summed E-state index contributed by atoms with van der Waals surface area (Å²) in [7, 11) is 0.750. The Bertz CT molecular complexity index is 341. The van der Waals surface area contributed by atoms with E-state index in [-0.39, 0.29) is 11.2 Å². The fraction of sp³-hybridized carbons (Fsp3) is 0.571. The second kappa shape index (κ2) is 6.15. The van der Waals surface area contributed by atoms with Crippen LogP contribution in [0.4, 0.5) is 0 Å². The van der Waals surface area contributed by atoms with E-state index in [0.29, 0.717) is 19.5 Å². The van der Waals surface area contributed by atoms with Gasteiger partial charge in [0.1, 0.15) is 0 Å². The van der Waals surface area contributed by atoms with Crippen LogP contribution >= 0.6 is 0 Å². The molecule has 0 amide bonds. The highest BCUT2D eigenvalue weighted by molar-refractivity contribution is 6.61. The molecule has 1 rings (SSSR count). The molecule has 4 heteroatoms. The molecule has 0 N–H and O–H groups in total. The summed E-state index contributed by atoms with van der Waals surface area (Å²) in [6.45, 7) is 12.5. The van der Waals surface area contributed by atoms with Crippen molar-refractivity contribution in [2.24, 2.45) is 0 Å². The summed E-state index contributed by atoms with van der Waals surface area (Å²) in [6.07, 6.45) is 0. The fourth-order valence-corrected chi connectivity index (χ4v) is 2.93. The summed E-state index contributed by atoms with van der Waals surface area (Å²) in [6, 6.07) is 8.36. The number of hydrogen-bond acceptors (Lipinski definition) is 2. The average molecular weight is 278 g/mol. The SMILES string of the molecule is CC(C)(C)O[Si]c1ccccc1[Si]OC(C)(C)C. The molecule has 0 heterocycles. The Kier molecular flexibility index (Phi) is 5.34. The van der Waals surface area contributed by atoms with Crippen LogP contribution in [0.1, 0.15) is 41.5 Å². The Morgan fingerprint density at radius 3 is 1.33 bits per heavy atom. The van der Waals surface area contributed by atoms with Gasteiger partial charge in [-0.1, -0.05) is 24.3 Å². The van der Waals surface area contributed by atoms with Crippen molar-refractivity contribution in [1.29, 1.82) is 0 Å². The molecule has 0 bridgehead atoms. The minimum Gasteiger partial charge on any atom is -0.407 e. The maximum Gasteiger partial charge on any atom is 0.269 e. The highest BCUT2D eigenvalue weighted by Gasteiger charge is 2.16. The van der Waals surface area contributed by atoms with Gasteiger partial charge in [-0.3, -0.25) is 0 Å². The second-order valence-electron chi connectivity index (χ2n) is 6.18. The lowest BCUT2D eigenvalue weighted by molar-refractivity contribution is 0.140. The van der Waals surface area contributed by atoms with Gasteiger partial charge in [0, 0.05) is 11.2 Å². The lowest BCUT2D eigenvalue weighted by atomic mass is 10.2. The molecule has 1 aromatic carbocycles. The van der Waals surface area contributed by atoms with Crippen LogP contribution in [0.5, 0.6) is 0 Å². The lowest BCUT2D eigenvalue weighted by Gasteiger charge is -2.22. The van der Waals surface area contributed by atoms with Gasteiger partial charge in [-0.05, 0) is 51.9 Å². The molecule has 0 atom stereocenters. The van der Waals surface area contributed by atoms with Gasteiger partial charge in [0.2, 0.25) is 0 Å². The molecular formula is C14H22O2Si2. The van der Waals surface area contributed by atoms with Crippen LogP contribution in [0.2, 0.25) is 0 Å². The molecule has 1 aromatic rings. The standard InChI is InChI=1S/C14H22O2Si2/c1-13(2,3)15-17-11-9-7-8-10-12(11)18-16-14(4,5)6/h7-10H,1-6H3. The monoisotopic (exact) mass is 278 g/mol. The van der Waals surface area contributed by atoms with Gasteiger partial charge in [-0.2, -0.15) is 0 Å². The zero-order chi connectivity index (χ0) is 13.8. The van der Waals surface area contributed by atoms with Gasteiger partial charge in [-0.15, -0.1) is 0 Å². The maximum absolute atomic E-state index is 5.86. The van der Waals surface area contributed by atoms with Gasteiger partial charge in [0.25, 0.3) is 19.5 Å². The summed E-state index contributed by atoms with van der Waals surface area (Å²) >= 11 is 0. The molecule has 18 heavy (non-hydrogen) atoms. The van der Waals surface area contributed by atoms with Crippen molar-refractivity contribution in [2.75, 3.05) is 0 Å². The largest absolute Gasteiger partial charge is 0.407 e. The topological polar surface area (TPSA) is 18.5 Å². The Morgan fingerprint density at radius 2 is 1.06 bits per heavy atom. The van der Waals surface area contributed by atoms with E-state index in [1.807, 2.05) is 0 Å². The smallest absolute Gasteiger partial charge is 0.269 e. The van der Waals surface area contributed by atoms with Gasteiger partial charge < -0.3 is 8.85 Å². The molecule has 0 aliphatic rings. The minimum absolute atomic E-state index is 0.0977. The lowest BCUT2D eigenvalue weighted by Crippen LogP contribution is -2.42. The minimum atomic E-state index is -0.0977. The zero-order valence-corrected chi connectivity index (χ0v) is 14.1. The first-order valence-electron chi connectivity index (χ1n) is 6.14. The van der Waals surface area contributed by atoms with E-state index in [2.05, 4.69) is 65.8 Å². The first-order chi connectivity index (χ1) is 8.17. The molecule has 2 nitrogen and oxygen atoms in total. The molecule has 0 aromatic heterocycles. The average Bonchev–Trinajstić information content (AvgIpc) is 2.22. The van der Waals surface area contributed by atoms with Gasteiger partial charge in [-0.25, -0.2) is 0 Å². The summed E-state index contributed by atoms with van der Waals surface area (Å²) in [5.74, 6) is 0. The van der Waals surface area contributed by atoms with E-state index in [9.17, 15) is 0 Å². The van der Waals surface area contributed by atoms with Crippen molar-refractivity contribution in [3.8, 4) is 0 Å². The van der Waals surface area contributed by atoms with E-state index in [1.54, 1.807) is 0 Å². The number of rotatable bonds is 4. The molecule has 0 saturated carbocycles. The van der Waals surface area contributed by atoms with Crippen LogP contribution in [-0.2, 0) is 8.85 Å². The highest BCUT2D eigenvalue weighted by Crippen LogP contribution is 2.05. The van der Waals surface area contributed by atoms with Crippen LogP contribution in [0.3, 0.4) is 0 Å². The number of benzene rings is 1. The summed E-state index contributed by atoms with van der Waals surface area (Å²) in [5, 5.41) is 2.49. The fourth-order valence-electron chi connectivity index (χ4n) is 1.08. The molecule has 98 valence electrons. The molecule has 0 saturated heterocycles. The third kappa shape index (κ3) is 6.49. The first kappa shape index (κ1) is 15.6. The Labute approximate surface area is 116 Å². The zero-order valence-electron chi connectivity index (χ0n) is 12.1. The van der Waals surface area contributed by atoms with Crippen LogP contribution in [0.25, 0.3) is 0 Å². The molecule has 0 spiro atoms. The van der Waals surface area contributed by atoms with E-state index >= 15 is 0 Å².